The summed E-state index contributed by atoms with van der Waals surface area (Å²) in [5, 5.41) is 0.832. The Kier molecular flexibility index (Phi) is 4.26. The maximum absolute atomic E-state index is 5.29. The molecule has 1 unspecified atom stereocenters. The van der Waals surface area contributed by atoms with Crippen molar-refractivity contribution in [1.29, 1.82) is 0 Å². The van der Waals surface area contributed by atoms with Crippen LogP contribution in [0.25, 0.3) is 0 Å². The van der Waals surface area contributed by atoms with Gasteiger partial charge in [0.1, 0.15) is 4.99 Å². The van der Waals surface area contributed by atoms with Gasteiger partial charge in [-0.25, -0.2) is 0 Å². The SMILES string of the molecule is C.CC(C)C1C(=S)N(C)C(=S)N1C. The lowest BCUT2D eigenvalue weighted by Gasteiger charge is -2.22. The first-order valence-corrected chi connectivity index (χ1v) is 4.82. The zero-order valence-electron chi connectivity index (χ0n) is 7.87. The molecule has 0 radical (unpaired) electrons. The van der Waals surface area contributed by atoms with Crippen molar-refractivity contribution < 1.29 is 0 Å². The molecule has 0 aromatic rings. The van der Waals surface area contributed by atoms with Gasteiger partial charge in [-0.15, -0.1) is 0 Å². The van der Waals surface area contributed by atoms with Crippen molar-refractivity contribution in [1.82, 2.24) is 9.80 Å². The lowest BCUT2D eigenvalue weighted by Crippen LogP contribution is -2.35. The number of likely N-dealkylation sites (N-methyl/N-ethyl adjacent to an activating group) is 2. The Morgan fingerprint density at radius 3 is 1.85 bits per heavy atom. The van der Waals surface area contributed by atoms with E-state index in [1.807, 2.05) is 19.0 Å². The van der Waals surface area contributed by atoms with E-state index < -0.39 is 0 Å². The second-order valence-electron chi connectivity index (χ2n) is 3.48. The molecule has 1 fully saturated rings. The minimum Gasteiger partial charge on any atom is -0.342 e. The topological polar surface area (TPSA) is 6.48 Å². The Morgan fingerprint density at radius 2 is 1.69 bits per heavy atom. The van der Waals surface area contributed by atoms with Gasteiger partial charge in [-0.05, 0) is 18.1 Å². The monoisotopic (exact) mass is 218 g/mol. The highest BCUT2D eigenvalue weighted by atomic mass is 32.1. The number of hydrogen-bond acceptors (Lipinski definition) is 2. The first kappa shape index (κ1) is 12.8. The molecular weight excluding hydrogens is 200 g/mol. The van der Waals surface area contributed by atoms with Gasteiger partial charge in [0, 0.05) is 14.1 Å². The smallest absolute Gasteiger partial charge is 0.176 e. The average Bonchev–Trinajstić information content (AvgIpc) is 2.16. The molecule has 1 atom stereocenters. The first-order chi connectivity index (χ1) is 5.46. The molecule has 0 aliphatic carbocycles. The summed E-state index contributed by atoms with van der Waals surface area (Å²) >= 11 is 10.5. The summed E-state index contributed by atoms with van der Waals surface area (Å²) in [6, 6.07) is 0.303. The van der Waals surface area contributed by atoms with Crippen LogP contribution in [0.5, 0.6) is 0 Å². The van der Waals surface area contributed by atoms with Gasteiger partial charge in [0.2, 0.25) is 0 Å². The fourth-order valence-electron chi connectivity index (χ4n) is 1.55. The first-order valence-electron chi connectivity index (χ1n) is 4.01. The molecule has 0 saturated carbocycles. The van der Waals surface area contributed by atoms with Crippen molar-refractivity contribution in [2.24, 2.45) is 5.92 Å². The quantitative estimate of drug-likeness (QED) is 0.622. The van der Waals surface area contributed by atoms with Crippen LogP contribution in [-0.2, 0) is 0 Å². The van der Waals surface area contributed by atoms with Crippen molar-refractivity contribution in [2.75, 3.05) is 14.1 Å². The van der Waals surface area contributed by atoms with Crippen molar-refractivity contribution in [3.05, 3.63) is 0 Å². The third kappa shape index (κ3) is 1.99. The maximum atomic E-state index is 5.29. The average molecular weight is 218 g/mol. The zero-order valence-corrected chi connectivity index (χ0v) is 9.50. The van der Waals surface area contributed by atoms with Crippen LogP contribution < -0.4 is 0 Å². The molecular formula is C9H18N2S2. The Bertz CT molecular complexity index is 226. The van der Waals surface area contributed by atoms with Crippen LogP contribution in [0.15, 0.2) is 0 Å². The molecule has 1 rings (SSSR count). The van der Waals surface area contributed by atoms with Crippen LogP contribution in [0.3, 0.4) is 0 Å². The molecule has 2 nitrogen and oxygen atoms in total. The fraction of sp³-hybridized carbons (Fsp3) is 0.778. The molecule has 0 aromatic heterocycles. The minimum absolute atomic E-state index is 0. The summed E-state index contributed by atoms with van der Waals surface area (Å²) in [7, 11) is 3.94. The normalized spacial score (nSPS) is 22.7. The van der Waals surface area contributed by atoms with E-state index in [0.717, 1.165) is 10.1 Å². The van der Waals surface area contributed by atoms with Gasteiger partial charge in [0.05, 0.1) is 6.04 Å². The van der Waals surface area contributed by atoms with E-state index in [2.05, 4.69) is 18.7 Å². The number of rotatable bonds is 1. The molecule has 0 aromatic carbocycles. The van der Waals surface area contributed by atoms with Gasteiger partial charge in [-0.2, -0.15) is 0 Å². The summed E-state index contributed by atoms with van der Waals surface area (Å²) in [5.41, 5.74) is 0. The lowest BCUT2D eigenvalue weighted by atomic mass is 10.0. The van der Waals surface area contributed by atoms with E-state index in [1.165, 1.54) is 0 Å². The molecule has 0 spiro atoms. The standard InChI is InChI=1S/C8H14N2S2.CH4/c1-5(2)6-7(11)10(4)8(12)9(6)3;/h5-6H,1-4H3;1H4. The van der Waals surface area contributed by atoms with Crippen molar-refractivity contribution in [3.63, 3.8) is 0 Å². The molecule has 76 valence electrons. The largest absolute Gasteiger partial charge is 0.342 e. The van der Waals surface area contributed by atoms with Crippen molar-refractivity contribution in [3.8, 4) is 0 Å². The van der Waals surface area contributed by atoms with E-state index in [1.54, 1.807) is 0 Å². The maximum Gasteiger partial charge on any atom is 0.176 e. The Balaban J connectivity index is 0.00000144. The molecule has 0 N–H and O–H groups in total. The summed E-state index contributed by atoms with van der Waals surface area (Å²) in [6.45, 7) is 4.32. The summed E-state index contributed by atoms with van der Waals surface area (Å²) in [6.07, 6.45) is 0. The van der Waals surface area contributed by atoms with Gasteiger partial charge >= 0.3 is 0 Å². The van der Waals surface area contributed by atoms with Crippen molar-refractivity contribution >= 4 is 34.5 Å². The number of thiocarbonyl (C=S) groups is 2. The van der Waals surface area contributed by atoms with E-state index >= 15 is 0 Å². The molecule has 1 heterocycles. The van der Waals surface area contributed by atoms with Crippen LogP contribution in [-0.4, -0.2) is 40.0 Å². The van der Waals surface area contributed by atoms with Crippen molar-refractivity contribution in [2.45, 2.75) is 27.3 Å². The molecule has 0 bridgehead atoms. The van der Waals surface area contributed by atoms with Gasteiger partial charge in [-0.3, -0.25) is 0 Å². The van der Waals surface area contributed by atoms with E-state index in [4.69, 9.17) is 24.4 Å². The van der Waals surface area contributed by atoms with Crippen LogP contribution in [0.1, 0.15) is 21.3 Å². The highest BCUT2D eigenvalue weighted by Gasteiger charge is 2.36. The predicted molar refractivity (Wildman–Crippen MR) is 66.1 cm³/mol. The molecule has 1 aliphatic heterocycles. The number of hydrogen-bond donors (Lipinski definition) is 0. The van der Waals surface area contributed by atoms with E-state index in [9.17, 15) is 0 Å². The molecule has 1 saturated heterocycles. The third-order valence-corrected chi connectivity index (χ3v) is 3.30. The van der Waals surface area contributed by atoms with E-state index in [-0.39, 0.29) is 7.43 Å². The third-order valence-electron chi connectivity index (χ3n) is 2.22. The van der Waals surface area contributed by atoms with Gasteiger partial charge in [0.25, 0.3) is 0 Å². The summed E-state index contributed by atoms with van der Waals surface area (Å²) in [5.74, 6) is 0.519. The van der Waals surface area contributed by atoms with Gasteiger partial charge in [-0.1, -0.05) is 33.5 Å². The molecule has 13 heavy (non-hydrogen) atoms. The van der Waals surface area contributed by atoms with Gasteiger partial charge < -0.3 is 9.80 Å². The number of nitrogens with zero attached hydrogens (tertiary/aromatic N) is 2. The Morgan fingerprint density at radius 1 is 1.23 bits per heavy atom. The van der Waals surface area contributed by atoms with Crippen LogP contribution in [0.2, 0.25) is 0 Å². The van der Waals surface area contributed by atoms with Gasteiger partial charge in [0.15, 0.2) is 5.11 Å². The van der Waals surface area contributed by atoms with Crippen LogP contribution in [0, 0.1) is 5.92 Å². The second kappa shape index (κ2) is 4.33. The fourth-order valence-corrected chi connectivity index (χ4v) is 2.33. The zero-order chi connectivity index (χ0) is 9.46. The Hall–Kier alpha value is -0.220. The molecule has 0 amide bonds. The highest BCUT2D eigenvalue weighted by molar-refractivity contribution is 7.82. The second-order valence-corrected chi connectivity index (χ2v) is 4.26. The summed E-state index contributed by atoms with van der Waals surface area (Å²) in [4.78, 5) is 4.93. The lowest BCUT2D eigenvalue weighted by molar-refractivity contribution is 0.382. The predicted octanol–water partition coefficient (Wildman–Crippen LogP) is 2.14. The highest BCUT2D eigenvalue weighted by Crippen LogP contribution is 2.21. The van der Waals surface area contributed by atoms with Crippen LogP contribution in [0.4, 0.5) is 0 Å². The molecule has 1 aliphatic rings. The van der Waals surface area contributed by atoms with Crippen LogP contribution >= 0.6 is 24.4 Å². The minimum atomic E-state index is 0. The Labute approximate surface area is 91.9 Å². The van der Waals surface area contributed by atoms with E-state index in [0.29, 0.717) is 12.0 Å². The summed E-state index contributed by atoms with van der Waals surface area (Å²) < 4.78 is 0. The molecule has 4 heteroatoms.